The van der Waals surface area contributed by atoms with Gasteiger partial charge in [0.2, 0.25) is 10.0 Å². The molecule has 0 rings (SSSR count). The Morgan fingerprint density at radius 2 is 1.86 bits per heavy atom. The van der Waals surface area contributed by atoms with Gasteiger partial charge in [0, 0.05) is 6.04 Å². The first-order chi connectivity index (χ1) is 6.10. The summed E-state index contributed by atoms with van der Waals surface area (Å²) in [6, 6.07) is -0.553. The lowest BCUT2D eigenvalue weighted by molar-refractivity contribution is -0.0632. The third-order valence-electron chi connectivity index (χ3n) is 1.62. The van der Waals surface area contributed by atoms with E-state index >= 15 is 0 Å². The molecule has 0 fully saturated rings. The van der Waals surface area contributed by atoms with E-state index in [-0.39, 0.29) is 0 Å². The van der Waals surface area contributed by atoms with Gasteiger partial charge in [0.25, 0.3) is 5.92 Å². The van der Waals surface area contributed by atoms with Crippen LogP contribution in [0.4, 0.5) is 8.78 Å². The van der Waals surface area contributed by atoms with Gasteiger partial charge in [-0.3, -0.25) is 0 Å². The maximum Gasteiger partial charge on any atom is 0.284 e. The summed E-state index contributed by atoms with van der Waals surface area (Å²) < 4.78 is 48.3. The van der Waals surface area contributed by atoms with Crippen LogP contribution in [0.3, 0.4) is 0 Å². The highest BCUT2D eigenvalue weighted by Gasteiger charge is 2.35. The van der Waals surface area contributed by atoms with Gasteiger partial charge in [-0.2, -0.15) is 4.31 Å². The maximum atomic E-state index is 12.7. The van der Waals surface area contributed by atoms with Crippen molar-refractivity contribution in [1.29, 1.82) is 0 Å². The van der Waals surface area contributed by atoms with Crippen LogP contribution in [-0.4, -0.2) is 49.2 Å². The van der Waals surface area contributed by atoms with Crippen molar-refractivity contribution in [2.45, 2.75) is 25.8 Å². The Labute approximate surface area is 82.6 Å². The molecule has 0 aliphatic rings. The summed E-state index contributed by atoms with van der Waals surface area (Å²) in [5.74, 6) is -3.40. The number of alkyl halides is 2. The molecule has 0 amide bonds. The zero-order chi connectivity index (χ0) is 11.6. The normalized spacial score (nSPS) is 14.0. The van der Waals surface area contributed by atoms with Gasteiger partial charge in [-0.25, -0.2) is 17.2 Å². The lowest BCUT2D eigenvalue weighted by atomic mass is 10.3. The second-order valence-corrected chi connectivity index (χ2v) is 5.35. The second kappa shape index (κ2) is 4.50. The van der Waals surface area contributed by atoms with Gasteiger partial charge in [0.1, 0.15) is 6.61 Å². The summed E-state index contributed by atoms with van der Waals surface area (Å²) in [7, 11) is -3.67. The number of sulfonamides is 1. The molecule has 0 heterocycles. The molecule has 0 spiro atoms. The lowest BCUT2D eigenvalue weighted by Crippen LogP contribution is -2.45. The van der Waals surface area contributed by atoms with Crippen LogP contribution in [0.25, 0.3) is 0 Å². The Hall–Kier alpha value is -0.270. The molecule has 0 radical (unpaired) electrons. The standard InChI is InChI=1S/C7H15F2NO3S/c1-6(2)10(14(3,12)13)4-7(8,9)5-11/h6,11H,4-5H2,1-3H3. The molecule has 0 aliphatic heterocycles. The van der Waals surface area contributed by atoms with E-state index in [2.05, 4.69) is 0 Å². The van der Waals surface area contributed by atoms with Crippen LogP contribution in [0.2, 0.25) is 0 Å². The number of rotatable bonds is 5. The van der Waals surface area contributed by atoms with Crippen molar-refractivity contribution in [3.63, 3.8) is 0 Å². The molecule has 0 aliphatic carbocycles. The summed E-state index contributed by atoms with van der Waals surface area (Å²) in [5.41, 5.74) is 0. The zero-order valence-electron chi connectivity index (χ0n) is 8.37. The summed E-state index contributed by atoms with van der Waals surface area (Å²) in [5, 5.41) is 8.32. The Morgan fingerprint density at radius 1 is 1.43 bits per heavy atom. The highest BCUT2D eigenvalue weighted by Crippen LogP contribution is 2.17. The molecule has 0 aromatic rings. The maximum absolute atomic E-state index is 12.7. The molecule has 1 N–H and O–H groups in total. The topological polar surface area (TPSA) is 57.6 Å². The van der Waals surface area contributed by atoms with Crippen LogP contribution in [0.1, 0.15) is 13.8 Å². The monoisotopic (exact) mass is 231 g/mol. The summed E-state index contributed by atoms with van der Waals surface area (Å²) in [6.07, 6.45) is 0.862. The zero-order valence-corrected chi connectivity index (χ0v) is 9.18. The Kier molecular flexibility index (Phi) is 4.41. The summed E-state index contributed by atoms with van der Waals surface area (Å²) >= 11 is 0. The average Bonchev–Trinajstić information content (AvgIpc) is 1.98. The molecule has 4 nitrogen and oxygen atoms in total. The summed E-state index contributed by atoms with van der Waals surface area (Å²) in [6.45, 7) is 0.648. The van der Waals surface area contributed by atoms with E-state index in [1.54, 1.807) is 0 Å². The highest BCUT2D eigenvalue weighted by atomic mass is 32.2. The van der Waals surface area contributed by atoms with Crippen LogP contribution in [0, 0.1) is 0 Å². The Bertz CT molecular complexity index is 277. The van der Waals surface area contributed by atoms with Crippen LogP contribution < -0.4 is 0 Å². The fraction of sp³-hybridized carbons (Fsp3) is 1.00. The van der Waals surface area contributed by atoms with E-state index in [9.17, 15) is 17.2 Å². The number of nitrogens with zero attached hydrogens (tertiary/aromatic N) is 1. The van der Waals surface area contributed by atoms with Gasteiger partial charge in [-0.05, 0) is 13.8 Å². The van der Waals surface area contributed by atoms with Crippen LogP contribution >= 0.6 is 0 Å². The van der Waals surface area contributed by atoms with Crippen molar-refractivity contribution in [2.24, 2.45) is 0 Å². The predicted molar refractivity (Wildman–Crippen MR) is 48.7 cm³/mol. The fourth-order valence-corrected chi connectivity index (χ4v) is 2.15. The van der Waals surface area contributed by atoms with E-state index in [4.69, 9.17) is 5.11 Å². The second-order valence-electron chi connectivity index (χ2n) is 3.42. The SMILES string of the molecule is CC(C)N(CC(F)(F)CO)S(C)(=O)=O. The molecule has 0 aromatic heterocycles. The van der Waals surface area contributed by atoms with Gasteiger partial charge in [-0.1, -0.05) is 0 Å². The molecule has 86 valence electrons. The van der Waals surface area contributed by atoms with E-state index in [1.807, 2.05) is 0 Å². The number of hydrogen-bond acceptors (Lipinski definition) is 3. The number of aliphatic hydroxyl groups is 1. The van der Waals surface area contributed by atoms with Gasteiger partial charge in [0.05, 0.1) is 12.8 Å². The predicted octanol–water partition coefficient (Wildman–Crippen LogP) is 0.284. The van der Waals surface area contributed by atoms with Crippen LogP contribution in [-0.2, 0) is 10.0 Å². The minimum absolute atomic E-state index is 0.553. The van der Waals surface area contributed by atoms with Crippen molar-refractivity contribution in [3.05, 3.63) is 0 Å². The van der Waals surface area contributed by atoms with E-state index in [1.165, 1.54) is 13.8 Å². The lowest BCUT2D eigenvalue weighted by Gasteiger charge is -2.27. The molecule has 0 unspecified atom stereocenters. The Morgan fingerprint density at radius 3 is 2.07 bits per heavy atom. The molecule has 0 saturated carbocycles. The fourth-order valence-electron chi connectivity index (χ4n) is 0.961. The highest BCUT2D eigenvalue weighted by molar-refractivity contribution is 7.88. The first kappa shape index (κ1) is 13.7. The third kappa shape index (κ3) is 4.30. The quantitative estimate of drug-likeness (QED) is 0.739. The van der Waals surface area contributed by atoms with E-state index in [0.29, 0.717) is 4.31 Å². The molecular weight excluding hydrogens is 216 g/mol. The first-order valence-corrected chi connectivity index (χ1v) is 5.90. The van der Waals surface area contributed by atoms with Crippen molar-refractivity contribution >= 4 is 10.0 Å². The van der Waals surface area contributed by atoms with Gasteiger partial charge in [0.15, 0.2) is 0 Å². The third-order valence-corrected chi connectivity index (χ3v) is 3.02. The number of aliphatic hydroxyl groups excluding tert-OH is 1. The van der Waals surface area contributed by atoms with Crippen LogP contribution in [0.15, 0.2) is 0 Å². The van der Waals surface area contributed by atoms with E-state index < -0.39 is 35.1 Å². The van der Waals surface area contributed by atoms with Gasteiger partial charge < -0.3 is 5.11 Å². The summed E-state index contributed by atoms with van der Waals surface area (Å²) in [4.78, 5) is 0. The van der Waals surface area contributed by atoms with Gasteiger partial charge in [-0.15, -0.1) is 0 Å². The molecule has 0 aromatic carbocycles. The molecule has 0 saturated heterocycles. The Balaban J connectivity index is 4.73. The molecular formula is C7H15F2NO3S. The molecule has 14 heavy (non-hydrogen) atoms. The average molecular weight is 231 g/mol. The van der Waals surface area contributed by atoms with Crippen molar-refractivity contribution in [1.82, 2.24) is 4.31 Å². The van der Waals surface area contributed by atoms with E-state index in [0.717, 1.165) is 6.26 Å². The number of halogens is 2. The van der Waals surface area contributed by atoms with Crippen molar-refractivity contribution < 1.29 is 22.3 Å². The van der Waals surface area contributed by atoms with Crippen molar-refractivity contribution in [2.75, 3.05) is 19.4 Å². The largest absolute Gasteiger partial charge is 0.390 e. The molecule has 0 atom stereocenters. The molecule has 0 bridgehead atoms. The van der Waals surface area contributed by atoms with Gasteiger partial charge >= 0.3 is 0 Å². The minimum Gasteiger partial charge on any atom is -0.390 e. The van der Waals surface area contributed by atoms with Crippen molar-refractivity contribution in [3.8, 4) is 0 Å². The molecule has 7 heteroatoms. The number of hydrogen-bond donors (Lipinski definition) is 1. The minimum atomic E-state index is -3.67. The first-order valence-electron chi connectivity index (χ1n) is 4.05. The smallest absolute Gasteiger partial charge is 0.284 e. The van der Waals surface area contributed by atoms with Crippen LogP contribution in [0.5, 0.6) is 0 Å².